The number of aromatic nitrogens is 2. The Morgan fingerprint density at radius 2 is 2.10 bits per heavy atom. The van der Waals surface area contributed by atoms with Crippen molar-refractivity contribution in [3.63, 3.8) is 0 Å². The maximum Gasteiger partial charge on any atom is 0.308 e. The molecule has 7 heteroatoms. The van der Waals surface area contributed by atoms with E-state index in [0.29, 0.717) is 25.9 Å². The average molecular weight is 279 g/mol. The number of esters is 1. The van der Waals surface area contributed by atoms with Gasteiger partial charge >= 0.3 is 5.97 Å². The van der Waals surface area contributed by atoms with Crippen LogP contribution in [0, 0.1) is 5.92 Å². The third-order valence-electron chi connectivity index (χ3n) is 3.45. The molecule has 0 spiro atoms. The molecular weight excluding hydrogens is 262 g/mol. The Morgan fingerprint density at radius 3 is 2.70 bits per heavy atom. The lowest BCUT2D eigenvalue weighted by atomic mass is 9.97. The number of hydrogen-bond acceptors (Lipinski definition) is 5. The standard InChI is InChI=1S/C13H17N3O4/c1-20-13(19)10-4-7-15(8-5-10)12(18)9-16-11(17)3-2-6-14-16/h2-3,6,10H,4-5,7-9H2,1H3. The van der Waals surface area contributed by atoms with E-state index in [1.54, 1.807) is 4.90 Å². The summed E-state index contributed by atoms with van der Waals surface area (Å²) in [7, 11) is 1.37. The minimum Gasteiger partial charge on any atom is -0.469 e. The second-order valence-corrected chi connectivity index (χ2v) is 4.70. The van der Waals surface area contributed by atoms with Gasteiger partial charge in [-0.15, -0.1) is 0 Å². The van der Waals surface area contributed by atoms with Gasteiger partial charge in [-0.1, -0.05) is 0 Å². The molecule has 7 nitrogen and oxygen atoms in total. The lowest BCUT2D eigenvalue weighted by Crippen LogP contribution is -2.43. The predicted molar refractivity (Wildman–Crippen MR) is 69.8 cm³/mol. The zero-order valence-electron chi connectivity index (χ0n) is 11.3. The second kappa shape index (κ2) is 6.31. The molecule has 108 valence electrons. The quantitative estimate of drug-likeness (QED) is 0.707. The molecule has 0 aromatic carbocycles. The summed E-state index contributed by atoms with van der Waals surface area (Å²) in [6.45, 7) is 0.933. The Hall–Kier alpha value is -2.18. The highest BCUT2D eigenvalue weighted by molar-refractivity contribution is 5.77. The fourth-order valence-corrected chi connectivity index (χ4v) is 2.27. The van der Waals surface area contributed by atoms with Gasteiger partial charge in [-0.2, -0.15) is 5.10 Å². The lowest BCUT2D eigenvalue weighted by molar-refractivity contribution is -0.149. The van der Waals surface area contributed by atoms with E-state index in [1.807, 2.05) is 0 Å². The maximum atomic E-state index is 12.1. The van der Waals surface area contributed by atoms with Crippen LogP contribution in [0.3, 0.4) is 0 Å². The smallest absolute Gasteiger partial charge is 0.308 e. The van der Waals surface area contributed by atoms with E-state index in [2.05, 4.69) is 5.10 Å². The van der Waals surface area contributed by atoms with Crippen LogP contribution in [0.5, 0.6) is 0 Å². The SMILES string of the molecule is COC(=O)C1CCN(C(=O)Cn2ncccc2=O)CC1. The van der Waals surface area contributed by atoms with Gasteiger partial charge in [-0.05, 0) is 18.9 Å². The van der Waals surface area contributed by atoms with E-state index in [4.69, 9.17) is 4.74 Å². The number of carbonyl (C=O) groups is 2. The van der Waals surface area contributed by atoms with Gasteiger partial charge in [0.1, 0.15) is 6.54 Å². The van der Waals surface area contributed by atoms with E-state index in [0.717, 1.165) is 4.68 Å². The number of amides is 1. The highest BCUT2D eigenvalue weighted by Crippen LogP contribution is 2.18. The molecular formula is C13H17N3O4. The summed E-state index contributed by atoms with van der Waals surface area (Å²) in [4.78, 5) is 36.6. The Morgan fingerprint density at radius 1 is 1.40 bits per heavy atom. The van der Waals surface area contributed by atoms with Crippen molar-refractivity contribution in [1.82, 2.24) is 14.7 Å². The number of nitrogens with zero attached hydrogens (tertiary/aromatic N) is 3. The molecule has 1 aromatic heterocycles. The molecule has 0 bridgehead atoms. The van der Waals surface area contributed by atoms with Gasteiger partial charge in [0, 0.05) is 25.4 Å². The Balaban J connectivity index is 1.91. The molecule has 1 aromatic rings. The molecule has 0 saturated carbocycles. The van der Waals surface area contributed by atoms with E-state index < -0.39 is 0 Å². The largest absolute Gasteiger partial charge is 0.469 e. The van der Waals surface area contributed by atoms with Crippen molar-refractivity contribution in [2.45, 2.75) is 19.4 Å². The van der Waals surface area contributed by atoms with E-state index in [-0.39, 0.29) is 29.9 Å². The number of hydrogen-bond donors (Lipinski definition) is 0. The highest BCUT2D eigenvalue weighted by Gasteiger charge is 2.27. The molecule has 1 aliphatic rings. The molecule has 1 amide bonds. The monoisotopic (exact) mass is 279 g/mol. The summed E-state index contributed by atoms with van der Waals surface area (Å²) >= 11 is 0. The molecule has 1 saturated heterocycles. The fourth-order valence-electron chi connectivity index (χ4n) is 2.27. The number of methoxy groups -OCH3 is 1. The van der Waals surface area contributed by atoms with Crippen molar-refractivity contribution in [2.75, 3.05) is 20.2 Å². The second-order valence-electron chi connectivity index (χ2n) is 4.70. The molecule has 2 heterocycles. The van der Waals surface area contributed by atoms with Crippen LogP contribution in [-0.4, -0.2) is 46.8 Å². The number of carbonyl (C=O) groups excluding carboxylic acids is 2. The van der Waals surface area contributed by atoms with Crippen molar-refractivity contribution in [3.8, 4) is 0 Å². The third-order valence-corrected chi connectivity index (χ3v) is 3.45. The predicted octanol–water partition coefficient (Wildman–Crippen LogP) is -0.345. The molecule has 1 fully saturated rings. The van der Waals surface area contributed by atoms with Gasteiger partial charge in [-0.25, -0.2) is 4.68 Å². The number of likely N-dealkylation sites (tertiary alicyclic amines) is 1. The number of ether oxygens (including phenoxy) is 1. The molecule has 0 N–H and O–H groups in total. The molecule has 0 unspecified atom stereocenters. The van der Waals surface area contributed by atoms with Crippen LogP contribution in [0.25, 0.3) is 0 Å². The van der Waals surface area contributed by atoms with E-state index >= 15 is 0 Å². The van der Waals surface area contributed by atoms with Gasteiger partial charge < -0.3 is 9.64 Å². The average Bonchev–Trinajstić information content (AvgIpc) is 2.49. The Bertz CT molecular complexity index is 547. The van der Waals surface area contributed by atoms with Crippen molar-refractivity contribution < 1.29 is 14.3 Å². The van der Waals surface area contributed by atoms with Crippen LogP contribution in [-0.2, 0) is 20.9 Å². The summed E-state index contributed by atoms with van der Waals surface area (Å²) < 4.78 is 5.83. The normalized spacial score (nSPS) is 15.9. The summed E-state index contributed by atoms with van der Waals surface area (Å²) in [6, 6.07) is 2.90. The lowest BCUT2D eigenvalue weighted by Gasteiger charge is -2.30. The molecule has 20 heavy (non-hydrogen) atoms. The van der Waals surface area contributed by atoms with Crippen LogP contribution >= 0.6 is 0 Å². The van der Waals surface area contributed by atoms with Gasteiger partial charge in [0.15, 0.2) is 0 Å². The number of piperidine rings is 1. The minimum absolute atomic E-state index is 0.0669. The zero-order valence-corrected chi connectivity index (χ0v) is 11.3. The van der Waals surface area contributed by atoms with Crippen LogP contribution in [0.15, 0.2) is 23.1 Å². The van der Waals surface area contributed by atoms with Crippen LogP contribution in [0.4, 0.5) is 0 Å². The van der Waals surface area contributed by atoms with Crippen molar-refractivity contribution >= 4 is 11.9 Å². The molecule has 2 rings (SSSR count). The first-order chi connectivity index (χ1) is 9.61. The first-order valence-corrected chi connectivity index (χ1v) is 6.49. The zero-order chi connectivity index (χ0) is 14.5. The van der Waals surface area contributed by atoms with Gasteiger partial charge in [0.25, 0.3) is 5.56 Å². The Labute approximate surface area is 116 Å². The summed E-state index contributed by atoms with van der Waals surface area (Å²) in [5.41, 5.74) is -0.301. The summed E-state index contributed by atoms with van der Waals surface area (Å²) in [5, 5.41) is 3.85. The first-order valence-electron chi connectivity index (χ1n) is 6.49. The van der Waals surface area contributed by atoms with Crippen molar-refractivity contribution in [2.24, 2.45) is 5.92 Å². The minimum atomic E-state index is -0.301. The number of rotatable bonds is 3. The van der Waals surface area contributed by atoms with Crippen LogP contribution in [0.1, 0.15) is 12.8 Å². The molecule has 0 aliphatic carbocycles. The maximum absolute atomic E-state index is 12.1. The van der Waals surface area contributed by atoms with E-state index in [9.17, 15) is 14.4 Å². The third kappa shape index (κ3) is 3.23. The van der Waals surface area contributed by atoms with Crippen LogP contribution in [0.2, 0.25) is 0 Å². The molecule has 0 atom stereocenters. The summed E-state index contributed by atoms with van der Waals surface area (Å²) in [5.74, 6) is -0.520. The topological polar surface area (TPSA) is 81.5 Å². The van der Waals surface area contributed by atoms with Gasteiger partial charge in [0.2, 0.25) is 5.91 Å². The first kappa shape index (κ1) is 14.2. The summed E-state index contributed by atoms with van der Waals surface area (Å²) in [6.07, 6.45) is 2.66. The molecule has 0 radical (unpaired) electrons. The molecule has 1 aliphatic heterocycles. The fraction of sp³-hybridized carbons (Fsp3) is 0.538. The van der Waals surface area contributed by atoms with Crippen molar-refractivity contribution in [3.05, 3.63) is 28.7 Å². The van der Waals surface area contributed by atoms with E-state index in [1.165, 1.54) is 25.4 Å². The van der Waals surface area contributed by atoms with Crippen molar-refractivity contribution in [1.29, 1.82) is 0 Å². The van der Waals surface area contributed by atoms with Gasteiger partial charge in [-0.3, -0.25) is 14.4 Å². The Kier molecular flexibility index (Phi) is 4.49. The van der Waals surface area contributed by atoms with Gasteiger partial charge in [0.05, 0.1) is 13.0 Å². The van der Waals surface area contributed by atoms with Crippen LogP contribution < -0.4 is 5.56 Å². The highest BCUT2D eigenvalue weighted by atomic mass is 16.5.